The van der Waals surface area contributed by atoms with Crippen molar-refractivity contribution in [2.75, 3.05) is 6.54 Å². The van der Waals surface area contributed by atoms with Gasteiger partial charge in [0, 0.05) is 25.9 Å². The molecule has 102 valence electrons. The maximum Gasteiger partial charge on any atom is 0.410 e. The molecule has 2 atom stereocenters. The molecule has 0 aromatic rings. The molecule has 4 nitrogen and oxygen atoms in total. The SMILES string of the molecule is [C-]#[N+]C(C)CC1CCCCN1C(=O)OC(C)(C)C. The number of hydrogen-bond donors (Lipinski definition) is 0. The topological polar surface area (TPSA) is 33.9 Å². The molecule has 1 heterocycles. The summed E-state index contributed by atoms with van der Waals surface area (Å²) in [7, 11) is 0. The minimum Gasteiger partial charge on any atom is -0.444 e. The van der Waals surface area contributed by atoms with Crippen LogP contribution in [0, 0.1) is 6.57 Å². The summed E-state index contributed by atoms with van der Waals surface area (Å²) in [5, 5.41) is 0. The molecule has 4 heteroatoms. The van der Waals surface area contributed by atoms with Gasteiger partial charge in [-0.25, -0.2) is 11.4 Å². The van der Waals surface area contributed by atoms with Crippen LogP contribution in [0.1, 0.15) is 53.4 Å². The third-order valence-electron chi connectivity index (χ3n) is 3.09. The molecule has 0 saturated carbocycles. The van der Waals surface area contributed by atoms with Gasteiger partial charge < -0.3 is 14.5 Å². The third kappa shape index (κ3) is 4.56. The second-order valence-corrected chi connectivity index (χ2v) is 6.04. The number of likely N-dealkylation sites (tertiary alicyclic amines) is 1. The Morgan fingerprint density at radius 2 is 2.17 bits per heavy atom. The van der Waals surface area contributed by atoms with Crippen molar-refractivity contribution in [2.45, 2.75) is 71.1 Å². The molecule has 0 radical (unpaired) electrons. The maximum atomic E-state index is 12.1. The number of carbonyl (C=O) groups excluding carboxylic acids is 1. The Balaban J connectivity index is 2.65. The minimum absolute atomic E-state index is 0.0296. The van der Waals surface area contributed by atoms with Gasteiger partial charge >= 0.3 is 6.09 Å². The zero-order valence-corrected chi connectivity index (χ0v) is 11.9. The lowest BCUT2D eigenvalue weighted by atomic mass is 9.97. The van der Waals surface area contributed by atoms with Crippen molar-refractivity contribution in [3.63, 3.8) is 0 Å². The molecule has 1 aliphatic rings. The van der Waals surface area contributed by atoms with Crippen LogP contribution < -0.4 is 0 Å². The Hall–Kier alpha value is -1.24. The Kier molecular flexibility index (Phi) is 5.01. The van der Waals surface area contributed by atoms with Gasteiger partial charge in [0.25, 0.3) is 0 Å². The van der Waals surface area contributed by atoms with E-state index in [4.69, 9.17) is 11.3 Å². The average molecular weight is 252 g/mol. The molecule has 18 heavy (non-hydrogen) atoms. The van der Waals surface area contributed by atoms with E-state index in [0.717, 1.165) is 32.2 Å². The van der Waals surface area contributed by atoms with Crippen molar-refractivity contribution in [2.24, 2.45) is 0 Å². The summed E-state index contributed by atoms with van der Waals surface area (Å²) in [6, 6.07) is 0.135. The molecule has 0 aliphatic carbocycles. The molecule has 2 unspecified atom stereocenters. The van der Waals surface area contributed by atoms with Gasteiger partial charge in [0.15, 0.2) is 0 Å². The first-order valence-corrected chi connectivity index (χ1v) is 6.69. The Morgan fingerprint density at radius 3 is 2.72 bits per heavy atom. The van der Waals surface area contributed by atoms with E-state index in [2.05, 4.69) is 4.85 Å². The lowest BCUT2D eigenvalue weighted by Crippen LogP contribution is -2.46. The first kappa shape index (κ1) is 14.8. The van der Waals surface area contributed by atoms with Crippen LogP contribution in [-0.4, -0.2) is 35.2 Å². The van der Waals surface area contributed by atoms with Crippen LogP contribution in [0.3, 0.4) is 0 Å². The normalized spacial score (nSPS) is 22.2. The molecule has 0 N–H and O–H groups in total. The highest BCUT2D eigenvalue weighted by Crippen LogP contribution is 2.24. The summed E-state index contributed by atoms with van der Waals surface area (Å²) < 4.78 is 5.43. The number of carbonyl (C=O) groups is 1. The molecule has 1 aliphatic heterocycles. The Morgan fingerprint density at radius 1 is 1.50 bits per heavy atom. The summed E-state index contributed by atoms with van der Waals surface area (Å²) in [4.78, 5) is 17.5. The van der Waals surface area contributed by atoms with E-state index in [1.165, 1.54) is 0 Å². The van der Waals surface area contributed by atoms with Crippen LogP contribution in [0.15, 0.2) is 0 Å². The van der Waals surface area contributed by atoms with Crippen LogP contribution in [0.25, 0.3) is 4.85 Å². The van der Waals surface area contributed by atoms with Crippen LogP contribution in [0.5, 0.6) is 0 Å². The lowest BCUT2D eigenvalue weighted by molar-refractivity contribution is 0.00866. The van der Waals surface area contributed by atoms with Gasteiger partial charge in [-0.1, -0.05) is 0 Å². The molecule has 1 saturated heterocycles. The molecule has 0 spiro atoms. The van der Waals surface area contributed by atoms with E-state index in [1.807, 2.05) is 32.6 Å². The summed E-state index contributed by atoms with van der Waals surface area (Å²) in [6.45, 7) is 15.3. The van der Waals surface area contributed by atoms with Gasteiger partial charge in [0.05, 0.1) is 0 Å². The van der Waals surface area contributed by atoms with Crippen LogP contribution in [-0.2, 0) is 4.74 Å². The van der Waals surface area contributed by atoms with Gasteiger partial charge in [0.1, 0.15) is 5.60 Å². The van der Waals surface area contributed by atoms with Crippen molar-refractivity contribution in [1.29, 1.82) is 0 Å². The number of hydrogen-bond acceptors (Lipinski definition) is 2. The van der Waals surface area contributed by atoms with Crippen molar-refractivity contribution >= 4 is 6.09 Å². The van der Waals surface area contributed by atoms with E-state index in [1.54, 1.807) is 0 Å². The van der Waals surface area contributed by atoms with E-state index < -0.39 is 5.60 Å². The van der Waals surface area contributed by atoms with Crippen molar-refractivity contribution in [3.8, 4) is 0 Å². The molecule has 0 aromatic carbocycles. The molecule has 0 aromatic heterocycles. The van der Waals surface area contributed by atoms with Crippen molar-refractivity contribution in [1.82, 2.24) is 4.90 Å². The highest BCUT2D eigenvalue weighted by Gasteiger charge is 2.32. The number of ether oxygens (including phenoxy) is 1. The smallest absolute Gasteiger partial charge is 0.410 e. The summed E-state index contributed by atoms with van der Waals surface area (Å²) in [5.74, 6) is 0. The van der Waals surface area contributed by atoms with E-state index in [9.17, 15) is 4.79 Å². The number of piperidine rings is 1. The highest BCUT2D eigenvalue weighted by molar-refractivity contribution is 5.68. The standard InChI is InChI=1S/C14H24N2O2/c1-11(15-5)10-12-8-6-7-9-16(12)13(17)18-14(2,3)4/h11-12H,6-10H2,1-4H3. The predicted octanol–water partition coefficient (Wildman–Crippen LogP) is 3.47. The Bertz CT molecular complexity index is 328. The van der Waals surface area contributed by atoms with E-state index in [-0.39, 0.29) is 18.2 Å². The first-order chi connectivity index (χ1) is 8.33. The van der Waals surface area contributed by atoms with Gasteiger partial charge in [-0.05, 0) is 40.0 Å². The van der Waals surface area contributed by atoms with Gasteiger partial charge in [-0.3, -0.25) is 0 Å². The van der Waals surface area contributed by atoms with E-state index in [0.29, 0.717) is 0 Å². The summed E-state index contributed by atoms with van der Waals surface area (Å²) in [6.07, 6.45) is 3.67. The molecular formula is C14H24N2O2. The fourth-order valence-electron chi connectivity index (χ4n) is 2.25. The zero-order valence-electron chi connectivity index (χ0n) is 11.9. The Labute approximate surface area is 110 Å². The second-order valence-electron chi connectivity index (χ2n) is 6.04. The van der Waals surface area contributed by atoms with E-state index >= 15 is 0 Å². The highest BCUT2D eigenvalue weighted by atomic mass is 16.6. The molecule has 1 rings (SSSR count). The summed E-state index contributed by atoms with van der Waals surface area (Å²) in [5.41, 5.74) is -0.454. The number of amides is 1. The molecule has 1 fully saturated rings. The average Bonchev–Trinajstić information content (AvgIpc) is 2.27. The molecule has 1 amide bonds. The number of rotatable bonds is 2. The maximum absolute atomic E-state index is 12.1. The number of nitrogens with zero attached hydrogens (tertiary/aromatic N) is 2. The summed E-state index contributed by atoms with van der Waals surface area (Å²) >= 11 is 0. The third-order valence-corrected chi connectivity index (χ3v) is 3.09. The first-order valence-electron chi connectivity index (χ1n) is 6.69. The fraction of sp³-hybridized carbons (Fsp3) is 0.857. The van der Waals surface area contributed by atoms with Crippen molar-refractivity contribution < 1.29 is 9.53 Å². The monoisotopic (exact) mass is 252 g/mol. The molecule has 0 bridgehead atoms. The largest absolute Gasteiger partial charge is 0.444 e. The second kappa shape index (κ2) is 6.08. The minimum atomic E-state index is -0.454. The molecular weight excluding hydrogens is 228 g/mol. The van der Waals surface area contributed by atoms with Gasteiger partial charge in [-0.2, -0.15) is 0 Å². The quantitative estimate of drug-likeness (QED) is 0.705. The van der Waals surface area contributed by atoms with Crippen LogP contribution in [0.4, 0.5) is 4.79 Å². The van der Waals surface area contributed by atoms with Crippen molar-refractivity contribution in [3.05, 3.63) is 11.4 Å². The van der Waals surface area contributed by atoms with Gasteiger partial charge in [-0.15, -0.1) is 0 Å². The zero-order chi connectivity index (χ0) is 13.8. The predicted molar refractivity (Wildman–Crippen MR) is 71.3 cm³/mol. The lowest BCUT2D eigenvalue weighted by Gasteiger charge is -2.36. The van der Waals surface area contributed by atoms with Crippen LogP contribution >= 0.6 is 0 Å². The fourth-order valence-corrected chi connectivity index (χ4v) is 2.25. The van der Waals surface area contributed by atoms with Gasteiger partial charge in [0.2, 0.25) is 6.04 Å². The van der Waals surface area contributed by atoms with Crippen LogP contribution in [0.2, 0.25) is 0 Å².